The van der Waals surface area contributed by atoms with Crippen LogP contribution in [0.5, 0.6) is 0 Å². The Bertz CT molecular complexity index is 2820. The van der Waals surface area contributed by atoms with E-state index in [1.54, 1.807) is 6.08 Å². The molecule has 121 heavy (non-hydrogen) atoms. The van der Waals surface area contributed by atoms with Crippen LogP contribution in [0.25, 0.3) is 0 Å². The number of ether oxygens (including phenoxy) is 9. The lowest BCUT2D eigenvalue weighted by Crippen LogP contribution is -2.72. The van der Waals surface area contributed by atoms with Gasteiger partial charge >= 0.3 is 17.9 Å². The van der Waals surface area contributed by atoms with Crippen molar-refractivity contribution < 1.29 is 148 Å². The summed E-state index contributed by atoms with van der Waals surface area (Å²) in [6, 6.07) is -4.75. The second-order valence-corrected chi connectivity index (χ2v) is 34.1. The predicted octanol–water partition coefficient (Wildman–Crippen LogP) is 7.15. The Morgan fingerprint density at radius 1 is 0.463 bits per heavy atom. The van der Waals surface area contributed by atoms with Crippen molar-refractivity contribution in [3.8, 4) is 0 Å². The topological polar surface area (TPSA) is 525 Å². The zero-order valence-electron chi connectivity index (χ0n) is 73.3. The Balaban J connectivity index is 1.59. The van der Waals surface area contributed by atoms with Gasteiger partial charge in [-0.15, -0.1) is 0 Å². The average molecular weight is 1740 g/mol. The number of hydrogen-bond donors (Lipinski definition) is 18. The molecule has 18 N–H and O–H groups in total. The molecule has 33 heteroatoms. The lowest BCUT2D eigenvalue weighted by molar-refractivity contribution is -0.388. The Kier molecular flexibility index (Phi) is 55.9. The molecular weight excluding hydrogens is 1580 g/mol. The van der Waals surface area contributed by atoms with Gasteiger partial charge in [0, 0.05) is 39.5 Å². The summed E-state index contributed by atoms with van der Waals surface area (Å²) in [6.45, 7) is 3.31. The number of amides is 3. The number of aliphatic hydroxyl groups excluding tert-OH is 13. The predicted molar refractivity (Wildman–Crippen MR) is 446 cm³/mol. The highest BCUT2D eigenvalue weighted by molar-refractivity contribution is 5.78. The first-order chi connectivity index (χ1) is 58.1. The van der Waals surface area contributed by atoms with Crippen LogP contribution in [0.2, 0.25) is 0 Å². The normalized spacial score (nSPS) is 28.6. The van der Waals surface area contributed by atoms with Gasteiger partial charge in [0.1, 0.15) is 91.6 Å². The van der Waals surface area contributed by atoms with E-state index in [0.29, 0.717) is 19.3 Å². The molecule has 0 aliphatic carbocycles. The van der Waals surface area contributed by atoms with Crippen molar-refractivity contribution in [2.45, 2.75) is 476 Å². The van der Waals surface area contributed by atoms with E-state index in [0.717, 1.165) is 97.3 Å². The molecule has 0 bridgehead atoms. The van der Waals surface area contributed by atoms with E-state index in [4.69, 9.17) is 42.6 Å². The van der Waals surface area contributed by atoms with Crippen molar-refractivity contribution in [1.82, 2.24) is 16.0 Å². The van der Waals surface area contributed by atoms with E-state index >= 15 is 0 Å². The Hall–Kier alpha value is -4.28. The van der Waals surface area contributed by atoms with Crippen molar-refractivity contribution in [3.63, 3.8) is 0 Å². The molecular formula is C88H159N3O30. The van der Waals surface area contributed by atoms with E-state index in [1.165, 1.54) is 167 Å². The minimum atomic E-state index is -3.41. The maximum absolute atomic E-state index is 14.2. The van der Waals surface area contributed by atoms with Crippen LogP contribution in [0.15, 0.2) is 12.2 Å². The molecule has 4 fully saturated rings. The number of aliphatic hydroxyl groups is 13. The van der Waals surface area contributed by atoms with Crippen LogP contribution in [-0.2, 0) is 71.4 Å². The van der Waals surface area contributed by atoms with Gasteiger partial charge in [0.25, 0.3) is 11.6 Å². The SMILES string of the molecule is CCCCCCCCCCCCC/C=C/C(OC(=O)CCCCCCCCCCCCCCCCC)C(CO[C@@H]1O[C@H](CO)[C@@H](O[C@@H]2O[C@H](CO)[C@H](O)[C@H](O[C@@]3(C(=O)O)C[C@@H](O)[C@H](NC(C)=O)C([C@@H](O)[C@@H](CO)O[C@@]4(C(=O)O)C[C@@H](O)[C@H](NC(C)=O)C([C@@H](O)[C@H](O)CO)O4)O3)[C@H]2O)[C@H](O)[C@H]1O)NC(=O)CCCCCCCCCCCCCCCCC. The fraction of sp³-hybridized carbons (Fsp3) is 0.909. The summed E-state index contributed by atoms with van der Waals surface area (Å²) in [4.78, 5) is 80.1. The van der Waals surface area contributed by atoms with Crippen LogP contribution in [0.1, 0.15) is 330 Å². The molecule has 4 saturated heterocycles. The lowest BCUT2D eigenvalue weighted by atomic mass is 9.87. The number of hydrogen-bond acceptors (Lipinski definition) is 28. The first-order valence-electron chi connectivity index (χ1n) is 46.1. The molecule has 33 nitrogen and oxygen atoms in total. The van der Waals surface area contributed by atoms with Gasteiger partial charge in [0.2, 0.25) is 17.7 Å². The Morgan fingerprint density at radius 3 is 1.29 bits per heavy atom. The summed E-state index contributed by atoms with van der Waals surface area (Å²) >= 11 is 0. The number of unbranched alkanes of at least 4 members (excludes halogenated alkanes) is 39. The molecule has 3 amide bonds. The first kappa shape index (κ1) is 109. The van der Waals surface area contributed by atoms with Crippen LogP contribution >= 0.6 is 0 Å². The highest BCUT2D eigenvalue weighted by Crippen LogP contribution is 2.41. The second kappa shape index (κ2) is 62.0. The lowest BCUT2D eigenvalue weighted by Gasteiger charge is -2.51. The maximum atomic E-state index is 14.2. The smallest absolute Gasteiger partial charge is 0.364 e. The molecule has 0 spiro atoms. The van der Waals surface area contributed by atoms with E-state index in [1.807, 2.05) is 6.08 Å². The molecule has 4 aliphatic rings. The third-order valence-electron chi connectivity index (χ3n) is 23.7. The maximum Gasteiger partial charge on any atom is 0.364 e. The largest absolute Gasteiger partial charge is 0.477 e. The number of carboxylic acid groups (broad SMARTS) is 2. The summed E-state index contributed by atoms with van der Waals surface area (Å²) in [5, 5.41) is 176. The number of nitrogens with one attached hydrogen (secondary N) is 3. The van der Waals surface area contributed by atoms with Crippen LogP contribution in [0, 0.1) is 0 Å². The zero-order chi connectivity index (χ0) is 89.1. The Morgan fingerprint density at radius 2 is 0.868 bits per heavy atom. The standard InChI is InChI=1S/C88H159N3O30/c1-6-9-12-15-18-21-24-27-29-32-35-38-41-44-47-50-69(101)91-61(65(49-46-43-40-37-34-31-26-23-20-17-14-11-8-3)114-70(102)51-48-45-42-39-36-33-30-28-25-22-19-16-13-10-7-2)58-113-83-77(107)76(106)79(68(57-95)116-83)117-84-78(108)82(74(104)66(55-93)115-84)121-88(86(111)112)53-63(99)72(90-60(5)97)81(120-88)75(105)67(56-94)118-87(85(109)110)52-62(98)71(89-59(4)96)80(119-87)73(103)64(100)54-92/h46,49,61-68,71-84,92-95,98-100,103-108H,6-45,47-48,50-58H2,1-5H3,(H,89,96)(H,90,97)(H,91,101)(H,109,110)(H,111,112)/b49-46+/t61?,62-,63-,64-,65?,66-,67-,68-,71+,72+,73+,74+,75+,76-,77-,78-,79-,80?,81?,82+,83-,84+,87+,88-/m1/s1. The molecule has 0 aromatic heterocycles. The average Bonchev–Trinajstić information content (AvgIpc) is 0.749. The second-order valence-electron chi connectivity index (χ2n) is 34.1. The number of esters is 1. The van der Waals surface area contributed by atoms with E-state index < -0.39 is 222 Å². The summed E-state index contributed by atoms with van der Waals surface area (Å²) < 4.78 is 53.6. The van der Waals surface area contributed by atoms with Gasteiger partial charge in [-0.1, -0.05) is 271 Å². The van der Waals surface area contributed by atoms with Gasteiger partial charge in [-0.25, -0.2) is 9.59 Å². The molecule has 4 aliphatic heterocycles. The summed E-state index contributed by atoms with van der Waals surface area (Å²) in [7, 11) is 0. The summed E-state index contributed by atoms with van der Waals surface area (Å²) in [5.41, 5.74) is 0. The molecule has 706 valence electrons. The summed E-state index contributed by atoms with van der Waals surface area (Å²) in [6.07, 6.45) is 8.65. The van der Waals surface area contributed by atoms with Crippen LogP contribution < -0.4 is 16.0 Å². The number of carbonyl (C=O) groups is 6. The van der Waals surface area contributed by atoms with Gasteiger partial charge < -0.3 is 135 Å². The molecule has 4 heterocycles. The quantitative estimate of drug-likeness (QED) is 0.0163. The van der Waals surface area contributed by atoms with Gasteiger partial charge in [0.15, 0.2) is 12.6 Å². The van der Waals surface area contributed by atoms with Gasteiger partial charge in [-0.3, -0.25) is 19.2 Å². The number of allylic oxidation sites excluding steroid dienone is 1. The molecule has 0 aromatic carbocycles. The third-order valence-corrected chi connectivity index (χ3v) is 23.7. The number of carboxylic acids is 2. The van der Waals surface area contributed by atoms with E-state index in [-0.39, 0.29) is 18.7 Å². The fourth-order valence-electron chi connectivity index (χ4n) is 16.5. The number of aliphatic carboxylic acids is 2. The van der Waals surface area contributed by atoms with Crippen molar-refractivity contribution in [3.05, 3.63) is 12.2 Å². The fourth-order valence-corrected chi connectivity index (χ4v) is 16.5. The van der Waals surface area contributed by atoms with Crippen LogP contribution in [-0.4, -0.2) is 291 Å². The molecule has 0 saturated carbocycles. The minimum absolute atomic E-state index is 0.108. The molecule has 0 radical (unpaired) electrons. The van der Waals surface area contributed by atoms with E-state index in [9.17, 15) is 105 Å². The van der Waals surface area contributed by atoms with Crippen molar-refractivity contribution in [2.75, 3.05) is 33.0 Å². The van der Waals surface area contributed by atoms with Gasteiger partial charge in [0.05, 0.1) is 63.4 Å². The van der Waals surface area contributed by atoms with Gasteiger partial charge in [-0.2, -0.15) is 0 Å². The third kappa shape index (κ3) is 39.1. The number of rotatable bonds is 69. The van der Waals surface area contributed by atoms with Crippen molar-refractivity contribution >= 4 is 35.6 Å². The van der Waals surface area contributed by atoms with Crippen molar-refractivity contribution in [2.24, 2.45) is 0 Å². The Labute approximate surface area is 717 Å². The molecule has 0 aromatic rings. The monoisotopic (exact) mass is 1740 g/mol. The first-order valence-corrected chi connectivity index (χ1v) is 46.1. The summed E-state index contributed by atoms with van der Waals surface area (Å²) in [5.74, 6) is -13.6. The number of carbonyl (C=O) groups excluding carboxylic acids is 4. The highest BCUT2D eigenvalue weighted by Gasteiger charge is 2.63. The van der Waals surface area contributed by atoms with Gasteiger partial charge in [-0.05, 0) is 31.8 Å². The van der Waals surface area contributed by atoms with Crippen molar-refractivity contribution in [1.29, 1.82) is 0 Å². The molecule has 4 rings (SSSR count). The molecule has 4 unspecified atom stereocenters. The minimum Gasteiger partial charge on any atom is -0.477 e. The molecule has 24 atom stereocenters. The van der Waals surface area contributed by atoms with Crippen LogP contribution in [0.3, 0.4) is 0 Å². The highest BCUT2D eigenvalue weighted by atomic mass is 16.8. The van der Waals surface area contributed by atoms with Crippen LogP contribution in [0.4, 0.5) is 0 Å². The zero-order valence-corrected chi connectivity index (χ0v) is 73.3. The van der Waals surface area contributed by atoms with E-state index in [2.05, 4.69) is 36.7 Å².